The van der Waals surface area contributed by atoms with Crippen molar-refractivity contribution in [1.29, 1.82) is 0 Å². The van der Waals surface area contributed by atoms with Crippen molar-refractivity contribution in [2.24, 2.45) is 11.7 Å². The van der Waals surface area contributed by atoms with E-state index in [9.17, 15) is 19.1 Å². The van der Waals surface area contributed by atoms with Gasteiger partial charge in [0.2, 0.25) is 5.91 Å². The highest BCUT2D eigenvalue weighted by Crippen LogP contribution is 2.33. The molecule has 0 aromatic heterocycles. The summed E-state index contributed by atoms with van der Waals surface area (Å²) in [5.41, 5.74) is 10.5. The van der Waals surface area contributed by atoms with Gasteiger partial charge in [0, 0.05) is 12.6 Å². The molecule has 0 bridgehead atoms. The molecule has 6 nitrogen and oxygen atoms in total. The number of aromatic carboxylic acids is 1. The van der Waals surface area contributed by atoms with E-state index in [0.29, 0.717) is 25.1 Å². The summed E-state index contributed by atoms with van der Waals surface area (Å²) in [6, 6.07) is 2.54. The first-order valence-corrected chi connectivity index (χ1v) is 6.70. The molecular weight excluding hydrogens is 277 g/mol. The van der Waals surface area contributed by atoms with Crippen LogP contribution in [0, 0.1) is 11.7 Å². The third kappa shape index (κ3) is 2.76. The van der Waals surface area contributed by atoms with Crippen molar-refractivity contribution in [2.45, 2.75) is 25.8 Å². The fraction of sp³-hybridized carbons (Fsp3) is 0.429. The van der Waals surface area contributed by atoms with Gasteiger partial charge in [0.05, 0.1) is 17.3 Å². The van der Waals surface area contributed by atoms with Gasteiger partial charge in [0.15, 0.2) is 0 Å². The van der Waals surface area contributed by atoms with Gasteiger partial charge in [-0.15, -0.1) is 0 Å². The molecule has 2 rings (SSSR count). The smallest absolute Gasteiger partial charge is 0.340 e. The summed E-state index contributed by atoms with van der Waals surface area (Å²) < 4.78 is 13.5. The molecule has 1 heterocycles. The van der Waals surface area contributed by atoms with Crippen LogP contribution in [-0.2, 0) is 4.79 Å². The van der Waals surface area contributed by atoms with Crippen LogP contribution in [-0.4, -0.2) is 29.6 Å². The Balaban J connectivity index is 2.47. The van der Waals surface area contributed by atoms with E-state index < -0.39 is 23.4 Å². The van der Waals surface area contributed by atoms with Gasteiger partial charge < -0.3 is 21.5 Å². The van der Waals surface area contributed by atoms with Crippen molar-refractivity contribution in [2.75, 3.05) is 17.2 Å². The molecule has 0 saturated carbocycles. The van der Waals surface area contributed by atoms with Crippen LogP contribution < -0.4 is 16.4 Å². The Hall–Kier alpha value is -2.31. The van der Waals surface area contributed by atoms with Crippen molar-refractivity contribution in [3.05, 3.63) is 23.5 Å². The van der Waals surface area contributed by atoms with E-state index in [1.54, 1.807) is 4.90 Å². The highest BCUT2D eigenvalue weighted by molar-refractivity contribution is 6.00. The van der Waals surface area contributed by atoms with Gasteiger partial charge in [-0.05, 0) is 31.9 Å². The molecule has 1 saturated heterocycles. The fourth-order valence-electron chi connectivity index (χ4n) is 2.72. The lowest BCUT2D eigenvalue weighted by Gasteiger charge is -2.39. The molecule has 1 fully saturated rings. The number of piperidine rings is 1. The SMILES string of the molecule is CC1CCC(C(N)=O)CN1c1ccc(F)c(N)c1C(=O)O. The third-order valence-electron chi connectivity index (χ3n) is 3.98. The predicted octanol–water partition coefficient (Wildman–Crippen LogP) is 1.20. The number of halogens is 1. The molecule has 1 aromatic carbocycles. The summed E-state index contributed by atoms with van der Waals surface area (Å²) in [5.74, 6) is -2.84. The van der Waals surface area contributed by atoms with Crippen molar-refractivity contribution >= 4 is 23.3 Å². The second-order valence-corrected chi connectivity index (χ2v) is 5.34. The molecular formula is C14H18FN3O3. The number of anilines is 2. The molecule has 1 amide bonds. The van der Waals surface area contributed by atoms with Crippen molar-refractivity contribution < 1.29 is 19.1 Å². The zero-order valence-electron chi connectivity index (χ0n) is 11.7. The lowest BCUT2D eigenvalue weighted by Crippen LogP contribution is -2.46. The zero-order chi connectivity index (χ0) is 15.7. The minimum atomic E-state index is -1.30. The Morgan fingerprint density at radius 1 is 1.38 bits per heavy atom. The number of nitrogens with zero attached hydrogens (tertiary/aromatic N) is 1. The maximum atomic E-state index is 13.5. The highest BCUT2D eigenvalue weighted by atomic mass is 19.1. The van der Waals surface area contributed by atoms with Crippen LogP contribution in [0.3, 0.4) is 0 Å². The van der Waals surface area contributed by atoms with Crippen LogP contribution in [0.5, 0.6) is 0 Å². The Labute approximate surface area is 121 Å². The van der Waals surface area contributed by atoms with Gasteiger partial charge in [0.25, 0.3) is 0 Å². The molecule has 114 valence electrons. The zero-order valence-corrected chi connectivity index (χ0v) is 11.7. The average Bonchev–Trinajstić information content (AvgIpc) is 2.41. The quantitative estimate of drug-likeness (QED) is 0.726. The molecule has 1 aromatic rings. The van der Waals surface area contributed by atoms with Crippen LogP contribution in [0.4, 0.5) is 15.8 Å². The monoisotopic (exact) mass is 295 g/mol. The molecule has 0 spiro atoms. The summed E-state index contributed by atoms with van der Waals surface area (Å²) in [7, 11) is 0. The Kier molecular flexibility index (Phi) is 4.02. The summed E-state index contributed by atoms with van der Waals surface area (Å²) in [6.45, 7) is 2.23. The maximum Gasteiger partial charge on any atom is 0.340 e. The highest BCUT2D eigenvalue weighted by Gasteiger charge is 2.32. The number of carboxylic acid groups (broad SMARTS) is 1. The topological polar surface area (TPSA) is 110 Å². The van der Waals surface area contributed by atoms with Crippen molar-refractivity contribution in [3.63, 3.8) is 0 Å². The second kappa shape index (κ2) is 5.59. The van der Waals surface area contributed by atoms with Gasteiger partial charge in [-0.3, -0.25) is 4.79 Å². The van der Waals surface area contributed by atoms with Gasteiger partial charge in [-0.2, -0.15) is 0 Å². The number of benzene rings is 1. The van der Waals surface area contributed by atoms with Crippen molar-refractivity contribution in [3.8, 4) is 0 Å². The first kappa shape index (κ1) is 15.1. The minimum Gasteiger partial charge on any atom is -0.478 e. The van der Waals surface area contributed by atoms with E-state index in [2.05, 4.69) is 0 Å². The van der Waals surface area contributed by atoms with E-state index in [1.165, 1.54) is 6.07 Å². The molecule has 1 aliphatic heterocycles. The number of carbonyl (C=O) groups is 2. The van der Waals surface area contributed by atoms with Crippen LogP contribution in [0.1, 0.15) is 30.1 Å². The lowest BCUT2D eigenvalue weighted by molar-refractivity contribution is -0.122. The van der Waals surface area contributed by atoms with Crippen molar-refractivity contribution in [1.82, 2.24) is 0 Å². The number of carboxylic acids is 1. The first-order chi connectivity index (χ1) is 9.82. The van der Waals surface area contributed by atoms with E-state index in [-0.39, 0.29) is 17.5 Å². The molecule has 2 atom stereocenters. The second-order valence-electron chi connectivity index (χ2n) is 5.34. The Bertz CT molecular complexity index is 591. The molecule has 0 aliphatic carbocycles. The van der Waals surface area contributed by atoms with E-state index in [4.69, 9.17) is 11.5 Å². The fourth-order valence-corrected chi connectivity index (χ4v) is 2.72. The molecule has 7 heteroatoms. The first-order valence-electron chi connectivity index (χ1n) is 6.70. The van der Waals surface area contributed by atoms with Crippen LogP contribution in [0.2, 0.25) is 0 Å². The molecule has 2 unspecified atom stereocenters. The number of hydrogen-bond donors (Lipinski definition) is 3. The van der Waals surface area contributed by atoms with Gasteiger partial charge in [-0.25, -0.2) is 9.18 Å². The normalized spacial score (nSPS) is 22.1. The van der Waals surface area contributed by atoms with Crippen LogP contribution in [0.15, 0.2) is 12.1 Å². The number of primary amides is 1. The van der Waals surface area contributed by atoms with E-state index in [1.807, 2.05) is 6.92 Å². The number of rotatable bonds is 3. The van der Waals surface area contributed by atoms with E-state index >= 15 is 0 Å². The number of hydrogen-bond acceptors (Lipinski definition) is 4. The third-order valence-corrected chi connectivity index (χ3v) is 3.98. The lowest BCUT2D eigenvalue weighted by atomic mass is 9.91. The summed E-state index contributed by atoms with van der Waals surface area (Å²) in [6.07, 6.45) is 1.36. The minimum absolute atomic E-state index is 0.0172. The number of nitrogens with two attached hydrogens (primary N) is 2. The summed E-state index contributed by atoms with van der Waals surface area (Å²) in [4.78, 5) is 24.5. The standard InChI is InChI=1S/C14H18FN3O3/c1-7-2-3-8(13(17)19)6-18(7)10-5-4-9(15)12(16)11(10)14(20)21/h4-5,7-8H,2-3,6,16H2,1H3,(H2,17,19)(H,20,21). The summed E-state index contributed by atoms with van der Waals surface area (Å²) >= 11 is 0. The molecule has 1 aliphatic rings. The number of nitrogen functional groups attached to an aromatic ring is 1. The van der Waals surface area contributed by atoms with Crippen LogP contribution in [0.25, 0.3) is 0 Å². The number of carbonyl (C=O) groups excluding carboxylic acids is 1. The van der Waals surface area contributed by atoms with E-state index in [0.717, 1.165) is 6.07 Å². The van der Waals surface area contributed by atoms with Gasteiger partial charge in [0.1, 0.15) is 11.4 Å². The Morgan fingerprint density at radius 2 is 2.05 bits per heavy atom. The maximum absolute atomic E-state index is 13.5. The predicted molar refractivity (Wildman–Crippen MR) is 76.5 cm³/mol. The van der Waals surface area contributed by atoms with Crippen LogP contribution >= 0.6 is 0 Å². The van der Waals surface area contributed by atoms with Gasteiger partial charge >= 0.3 is 5.97 Å². The Morgan fingerprint density at radius 3 is 2.62 bits per heavy atom. The molecule has 21 heavy (non-hydrogen) atoms. The molecule has 5 N–H and O–H groups in total. The largest absolute Gasteiger partial charge is 0.478 e. The number of amides is 1. The summed E-state index contributed by atoms with van der Waals surface area (Å²) in [5, 5.41) is 9.30. The average molecular weight is 295 g/mol. The van der Waals surface area contributed by atoms with Gasteiger partial charge in [-0.1, -0.05) is 0 Å². The molecule has 0 radical (unpaired) electrons.